The molecule has 1 aromatic heterocycles. The van der Waals surface area contributed by atoms with Gasteiger partial charge in [-0.05, 0) is 35.4 Å². The summed E-state index contributed by atoms with van der Waals surface area (Å²) in [4.78, 5) is 16.2. The maximum Gasteiger partial charge on any atom is 0.438 e. The van der Waals surface area contributed by atoms with E-state index < -0.39 is 24.2 Å². The second kappa shape index (κ2) is 6.81. The lowest BCUT2D eigenvalue weighted by Crippen LogP contribution is -2.57. The number of aromatic nitrogens is 1. The number of carbonyl (C=O) groups is 1. The Balaban J connectivity index is 1.94. The predicted molar refractivity (Wildman–Crippen MR) is 91.1 cm³/mol. The molecule has 5 nitrogen and oxygen atoms in total. The lowest BCUT2D eigenvalue weighted by atomic mass is 10.0. The SMILES string of the molecule is O=C(Cc1ccncc1)N1N=C(c2ccc(Br)cc2)C[C@@]1(O)C(F)(F)F. The molecule has 1 amide bonds. The highest BCUT2D eigenvalue weighted by molar-refractivity contribution is 9.10. The van der Waals surface area contributed by atoms with Gasteiger partial charge in [-0.1, -0.05) is 28.1 Å². The molecule has 0 unspecified atom stereocenters. The standard InChI is InChI=1S/C17H13BrF3N3O2/c18-13-3-1-12(2-4-13)14-10-16(26,17(19,20)21)24(23-14)15(25)9-11-5-7-22-8-6-11/h1-8,26H,9-10H2/t16-/m1/s1. The number of nitrogens with zero attached hydrogens (tertiary/aromatic N) is 3. The van der Waals surface area contributed by atoms with Gasteiger partial charge in [0.25, 0.3) is 5.72 Å². The summed E-state index contributed by atoms with van der Waals surface area (Å²) in [5.74, 6) is -0.955. The van der Waals surface area contributed by atoms with Crippen molar-refractivity contribution < 1.29 is 23.1 Å². The van der Waals surface area contributed by atoms with Crippen molar-refractivity contribution in [1.29, 1.82) is 0 Å². The first-order valence-electron chi connectivity index (χ1n) is 7.55. The second-order valence-corrected chi connectivity index (χ2v) is 6.70. The summed E-state index contributed by atoms with van der Waals surface area (Å²) < 4.78 is 41.3. The van der Waals surface area contributed by atoms with E-state index >= 15 is 0 Å². The van der Waals surface area contributed by atoms with Crippen LogP contribution in [0.4, 0.5) is 13.2 Å². The van der Waals surface area contributed by atoms with Gasteiger partial charge < -0.3 is 5.11 Å². The van der Waals surface area contributed by atoms with Crippen LogP contribution in [-0.4, -0.2) is 38.6 Å². The lowest BCUT2D eigenvalue weighted by molar-refractivity contribution is -0.302. The van der Waals surface area contributed by atoms with E-state index in [1.54, 1.807) is 24.3 Å². The molecule has 1 aliphatic heterocycles. The zero-order valence-corrected chi connectivity index (χ0v) is 14.8. The molecule has 26 heavy (non-hydrogen) atoms. The van der Waals surface area contributed by atoms with E-state index in [2.05, 4.69) is 26.0 Å². The molecule has 2 aromatic rings. The number of benzene rings is 1. The van der Waals surface area contributed by atoms with E-state index in [4.69, 9.17) is 0 Å². The molecule has 1 atom stereocenters. The third kappa shape index (κ3) is 3.49. The topological polar surface area (TPSA) is 65.8 Å². The average molecular weight is 428 g/mol. The number of hydrogen-bond donors (Lipinski definition) is 1. The van der Waals surface area contributed by atoms with Crippen LogP contribution in [-0.2, 0) is 11.2 Å². The van der Waals surface area contributed by atoms with E-state index in [-0.39, 0.29) is 17.1 Å². The molecule has 0 aliphatic carbocycles. The molecule has 0 radical (unpaired) electrons. The van der Waals surface area contributed by atoms with E-state index in [0.29, 0.717) is 11.1 Å². The molecular weight excluding hydrogens is 415 g/mol. The summed E-state index contributed by atoms with van der Waals surface area (Å²) in [5, 5.41) is 14.2. The third-order valence-electron chi connectivity index (χ3n) is 3.96. The van der Waals surface area contributed by atoms with Crippen LogP contribution in [0.15, 0.2) is 58.4 Å². The minimum Gasteiger partial charge on any atom is -0.362 e. The summed E-state index contributed by atoms with van der Waals surface area (Å²) in [7, 11) is 0. The quantitative estimate of drug-likeness (QED) is 0.817. The van der Waals surface area contributed by atoms with E-state index in [9.17, 15) is 23.1 Å². The highest BCUT2D eigenvalue weighted by Crippen LogP contribution is 2.41. The Hall–Kier alpha value is -2.26. The van der Waals surface area contributed by atoms with Gasteiger partial charge in [-0.25, -0.2) is 0 Å². The van der Waals surface area contributed by atoms with Crippen molar-refractivity contribution >= 4 is 27.5 Å². The molecule has 0 fully saturated rings. The van der Waals surface area contributed by atoms with E-state index in [1.807, 2.05) is 0 Å². The van der Waals surface area contributed by atoms with Crippen LogP contribution < -0.4 is 0 Å². The van der Waals surface area contributed by atoms with Crippen LogP contribution in [0.5, 0.6) is 0 Å². The average Bonchev–Trinajstić information content (AvgIpc) is 2.95. The van der Waals surface area contributed by atoms with Gasteiger partial charge in [0.15, 0.2) is 0 Å². The Morgan fingerprint density at radius 2 is 1.81 bits per heavy atom. The number of alkyl halides is 3. The number of halogens is 4. The molecule has 136 valence electrons. The molecule has 2 heterocycles. The van der Waals surface area contributed by atoms with Crippen LogP contribution in [0, 0.1) is 0 Å². The number of carbonyl (C=O) groups excluding carboxylic acids is 1. The lowest BCUT2D eigenvalue weighted by Gasteiger charge is -2.32. The Labute approximate surface area is 155 Å². The maximum absolute atomic E-state index is 13.5. The largest absolute Gasteiger partial charge is 0.438 e. The van der Waals surface area contributed by atoms with Crippen molar-refractivity contribution in [3.8, 4) is 0 Å². The minimum atomic E-state index is -5.05. The summed E-state index contributed by atoms with van der Waals surface area (Å²) in [6.45, 7) is 0. The molecule has 0 bridgehead atoms. The second-order valence-electron chi connectivity index (χ2n) is 5.78. The Kier molecular flexibility index (Phi) is 4.85. The van der Waals surface area contributed by atoms with Crippen molar-refractivity contribution in [3.05, 3.63) is 64.4 Å². The highest BCUT2D eigenvalue weighted by atomic mass is 79.9. The van der Waals surface area contributed by atoms with E-state index in [0.717, 1.165) is 4.47 Å². The first-order chi connectivity index (χ1) is 12.2. The summed E-state index contributed by atoms with van der Waals surface area (Å²) in [6.07, 6.45) is -3.36. The number of rotatable bonds is 3. The molecule has 0 saturated carbocycles. The molecule has 0 spiro atoms. The summed E-state index contributed by atoms with van der Waals surface area (Å²) in [6, 6.07) is 9.45. The van der Waals surface area contributed by atoms with Gasteiger partial charge in [-0.3, -0.25) is 9.78 Å². The number of hydrogen-bond acceptors (Lipinski definition) is 4. The van der Waals surface area contributed by atoms with Crippen LogP contribution in [0.2, 0.25) is 0 Å². The molecule has 1 aromatic carbocycles. The minimum absolute atomic E-state index is 0.0135. The zero-order chi connectivity index (χ0) is 18.9. The summed E-state index contributed by atoms with van der Waals surface area (Å²) in [5.41, 5.74) is -2.52. The van der Waals surface area contributed by atoms with Gasteiger partial charge in [-0.2, -0.15) is 23.3 Å². The Morgan fingerprint density at radius 3 is 2.38 bits per heavy atom. The molecule has 3 rings (SSSR count). The highest BCUT2D eigenvalue weighted by Gasteiger charge is 2.63. The molecule has 1 aliphatic rings. The van der Waals surface area contributed by atoms with Gasteiger partial charge >= 0.3 is 6.18 Å². The normalized spacial score (nSPS) is 20.2. The fourth-order valence-electron chi connectivity index (χ4n) is 2.58. The maximum atomic E-state index is 13.5. The smallest absolute Gasteiger partial charge is 0.362 e. The fraction of sp³-hybridized carbons (Fsp3) is 0.235. The van der Waals surface area contributed by atoms with Crippen LogP contribution in [0.1, 0.15) is 17.5 Å². The Bertz CT molecular complexity index is 841. The van der Waals surface area contributed by atoms with Crippen molar-refractivity contribution in [1.82, 2.24) is 9.99 Å². The monoisotopic (exact) mass is 427 g/mol. The predicted octanol–water partition coefficient (Wildman–Crippen LogP) is 3.27. The molecule has 1 N–H and O–H groups in total. The van der Waals surface area contributed by atoms with Gasteiger partial charge in [-0.15, -0.1) is 0 Å². The van der Waals surface area contributed by atoms with Gasteiger partial charge in [0.1, 0.15) is 0 Å². The Morgan fingerprint density at radius 1 is 1.19 bits per heavy atom. The molecular formula is C17H13BrF3N3O2. The van der Waals surface area contributed by atoms with Crippen molar-refractivity contribution in [2.24, 2.45) is 5.10 Å². The van der Waals surface area contributed by atoms with Crippen LogP contribution >= 0.6 is 15.9 Å². The number of amides is 1. The van der Waals surface area contributed by atoms with Crippen molar-refractivity contribution in [2.45, 2.75) is 24.7 Å². The molecule has 0 saturated heterocycles. The van der Waals surface area contributed by atoms with Crippen LogP contribution in [0.3, 0.4) is 0 Å². The third-order valence-corrected chi connectivity index (χ3v) is 4.49. The van der Waals surface area contributed by atoms with Gasteiger partial charge in [0.2, 0.25) is 5.91 Å². The van der Waals surface area contributed by atoms with Gasteiger partial charge in [0, 0.05) is 16.9 Å². The first kappa shape index (κ1) is 18.5. The van der Waals surface area contributed by atoms with Crippen molar-refractivity contribution in [2.75, 3.05) is 0 Å². The number of aliphatic hydroxyl groups is 1. The molecule has 9 heteroatoms. The van der Waals surface area contributed by atoms with E-state index in [1.165, 1.54) is 24.5 Å². The first-order valence-corrected chi connectivity index (χ1v) is 8.34. The number of hydrazone groups is 1. The van der Waals surface area contributed by atoms with Crippen molar-refractivity contribution in [3.63, 3.8) is 0 Å². The zero-order valence-electron chi connectivity index (χ0n) is 13.2. The van der Waals surface area contributed by atoms with Gasteiger partial charge in [0.05, 0.1) is 18.6 Å². The van der Waals surface area contributed by atoms with Crippen LogP contribution in [0.25, 0.3) is 0 Å². The summed E-state index contributed by atoms with van der Waals surface area (Å²) >= 11 is 3.24. The number of pyridine rings is 1. The fourth-order valence-corrected chi connectivity index (χ4v) is 2.85.